The second-order valence-corrected chi connectivity index (χ2v) is 6.78. The molecule has 0 aliphatic rings. The van der Waals surface area contributed by atoms with Gasteiger partial charge in [0.1, 0.15) is 0 Å². The average molecular weight is 370 g/mol. The summed E-state index contributed by atoms with van der Waals surface area (Å²) in [5.41, 5.74) is 5.18. The minimum Gasteiger partial charge on any atom is -0.203 e. The van der Waals surface area contributed by atoms with Crippen LogP contribution in [0, 0.1) is 11.6 Å². The molecule has 28 heavy (non-hydrogen) atoms. The predicted molar refractivity (Wildman–Crippen MR) is 112 cm³/mol. The molecule has 0 unspecified atom stereocenters. The summed E-state index contributed by atoms with van der Waals surface area (Å²) in [6.45, 7) is 2.06. The van der Waals surface area contributed by atoms with Gasteiger partial charge in [-0.1, -0.05) is 97.9 Å². The summed E-state index contributed by atoms with van der Waals surface area (Å²) in [6.07, 6.45) is 0.912. The van der Waals surface area contributed by atoms with Crippen molar-refractivity contribution in [1.29, 1.82) is 0 Å². The number of aryl methyl sites for hydroxylation is 1. The number of benzene rings is 4. The lowest BCUT2D eigenvalue weighted by molar-refractivity contribution is 0.514. The van der Waals surface area contributed by atoms with Crippen LogP contribution >= 0.6 is 0 Å². The second-order valence-electron chi connectivity index (χ2n) is 6.78. The van der Waals surface area contributed by atoms with Crippen molar-refractivity contribution in [2.45, 2.75) is 13.3 Å². The molecule has 2 heteroatoms. The first-order valence-electron chi connectivity index (χ1n) is 9.40. The third-order valence-corrected chi connectivity index (χ3v) is 5.06. The van der Waals surface area contributed by atoms with E-state index in [0.717, 1.165) is 17.5 Å². The molecule has 0 saturated heterocycles. The predicted octanol–water partition coefficient (Wildman–Crippen LogP) is 7.53. The van der Waals surface area contributed by atoms with Crippen LogP contribution in [0.5, 0.6) is 0 Å². The number of hydrogen-bond donors (Lipinski definition) is 0. The topological polar surface area (TPSA) is 0 Å². The van der Waals surface area contributed by atoms with Gasteiger partial charge in [0.05, 0.1) is 0 Å². The molecule has 4 aromatic rings. The first kappa shape index (κ1) is 18.1. The van der Waals surface area contributed by atoms with Gasteiger partial charge in [0.25, 0.3) is 0 Å². The van der Waals surface area contributed by atoms with E-state index in [4.69, 9.17) is 0 Å². The third-order valence-electron chi connectivity index (χ3n) is 5.06. The highest BCUT2D eigenvalue weighted by Gasteiger charge is 2.16. The SMILES string of the molecule is CCc1ccc(-c2ccc(-c3ccc(-c4ccccc4)cc3)c(F)c2F)cc1. The molecule has 0 aromatic heterocycles. The summed E-state index contributed by atoms with van der Waals surface area (Å²) in [4.78, 5) is 0. The van der Waals surface area contributed by atoms with Crippen LogP contribution in [0.4, 0.5) is 8.78 Å². The summed E-state index contributed by atoms with van der Waals surface area (Å²) < 4.78 is 29.6. The first-order chi connectivity index (χ1) is 13.7. The quantitative estimate of drug-likeness (QED) is 0.348. The Labute approximate surface area is 164 Å². The van der Waals surface area contributed by atoms with E-state index in [-0.39, 0.29) is 11.1 Å². The number of rotatable bonds is 4. The van der Waals surface area contributed by atoms with Crippen LogP contribution in [0.2, 0.25) is 0 Å². The first-order valence-corrected chi connectivity index (χ1v) is 9.40. The van der Waals surface area contributed by atoms with Gasteiger partial charge in [-0.05, 0) is 34.2 Å². The Morgan fingerprint density at radius 1 is 0.500 bits per heavy atom. The van der Waals surface area contributed by atoms with Crippen LogP contribution in [0.15, 0.2) is 91.0 Å². The van der Waals surface area contributed by atoms with E-state index in [1.807, 2.05) is 78.9 Å². The smallest absolute Gasteiger partial charge is 0.167 e. The van der Waals surface area contributed by atoms with Crippen LogP contribution < -0.4 is 0 Å². The Bertz CT molecular complexity index is 1080. The van der Waals surface area contributed by atoms with Crippen molar-refractivity contribution < 1.29 is 8.78 Å². The molecule has 0 amide bonds. The van der Waals surface area contributed by atoms with Crippen molar-refractivity contribution in [1.82, 2.24) is 0 Å². The molecule has 0 N–H and O–H groups in total. The van der Waals surface area contributed by atoms with Crippen molar-refractivity contribution in [3.05, 3.63) is 108 Å². The summed E-state index contributed by atoms with van der Waals surface area (Å²) in [5, 5.41) is 0. The maximum Gasteiger partial charge on any atom is 0.167 e. The fourth-order valence-corrected chi connectivity index (χ4v) is 3.39. The van der Waals surface area contributed by atoms with Gasteiger partial charge in [-0.3, -0.25) is 0 Å². The zero-order valence-electron chi connectivity index (χ0n) is 15.6. The van der Waals surface area contributed by atoms with Gasteiger partial charge < -0.3 is 0 Å². The highest BCUT2D eigenvalue weighted by atomic mass is 19.2. The number of hydrogen-bond acceptors (Lipinski definition) is 0. The van der Waals surface area contributed by atoms with Gasteiger partial charge in [0.2, 0.25) is 0 Å². The van der Waals surface area contributed by atoms with E-state index in [0.29, 0.717) is 11.1 Å². The lowest BCUT2D eigenvalue weighted by Gasteiger charge is -2.10. The van der Waals surface area contributed by atoms with Crippen LogP contribution in [0.1, 0.15) is 12.5 Å². The van der Waals surface area contributed by atoms with Crippen molar-refractivity contribution in [2.24, 2.45) is 0 Å². The lowest BCUT2D eigenvalue weighted by atomic mass is 9.96. The molecule has 4 aromatic carbocycles. The lowest BCUT2D eigenvalue weighted by Crippen LogP contribution is -1.94. The number of halogens is 2. The van der Waals surface area contributed by atoms with Crippen molar-refractivity contribution in [2.75, 3.05) is 0 Å². The molecule has 0 spiro atoms. The Morgan fingerprint density at radius 2 is 0.929 bits per heavy atom. The van der Waals surface area contributed by atoms with E-state index in [1.54, 1.807) is 12.1 Å². The van der Waals surface area contributed by atoms with E-state index < -0.39 is 11.6 Å². The molecule has 0 aliphatic heterocycles. The zero-order chi connectivity index (χ0) is 19.5. The van der Waals surface area contributed by atoms with Gasteiger partial charge >= 0.3 is 0 Å². The molecule has 0 heterocycles. The van der Waals surface area contributed by atoms with Crippen LogP contribution in [0.3, 0.4) is 0 Å². The molecule has 4 rings (SSSR count). The van der Waals surface area contributed by atoms with Crippen LogP contribution in [0.25, 0.3) is 33.4 Å². The molecular formula is C26H20F2. The fourth-order valence-electron chi connectivity index (χ4n) is 3.39. The molecule has 0 aliphatic carbocycles. The third kappa shape index (κ3) is 3.46. The monoisotopic (exact) mass is 370 g/mol. The summed E-state index contributed by atoms with van der Waals surface area (Å²) in [6, 6.07) is 28.4. The average Bonchev–Trinajstić information content (AvgIpc) is 2.76. The Balaban J connectivity index is 1.68. The fraction of sp³-hybridized carbons (Fsp3) is 0.0769. The maximum atomic E-state index is 14.8. The highest BCUT2D eigenvalue weighted by Crippen LogP contribution is 2.32. The minimum absolute atomic E-state index is 0.269. The summed E-state index contributed by atoms with van der Waals surface area (Å²) >= 11 is 0. The van der Waals surface area contributed by atoms with E-state index >= 15 is 0 Å². The molecule has 0 atom stereocenters. The summed E-state index contributed by atoms with van der Waals surface area (Å²) in [7, 11) is 0. The Morgan fingerprint density at radius 3 is 1.43 bits per heavy atom. The molecule has 0 saturated carbocycles. The second kappa shape index (κ2) is 7.77. The van der Waals surface area contributed by atoms with Gasteiger partial charge in [-0.2, -0.15) is 0 Å². The van der Waals surface area contributed by atoms with Gasteiger partial charge in [0.15, 0.2) is 11.6 Å². The Kier molecular flexibility index (Phi) is 5.03. The van der Waals surface area contributed by atoms with Crippen molar-refractivity contribution in [3.63, 3.8) is 0 Å². The Hall–Kier alpha value is -3.26. The standard InChI is InChI=1S/C26H20F2/c1-2-18-8-10-21(11-9-18)23-16-17-24(26(28)25(23)27)22-14-12-20(13-15-22)19-6-4-3-5-7-19/h3-17H,2H2,1H3. The van der Waals surface area contributed by atoms with Crippen LogP contribution in [-0.4, -0.2) is 0 Å². The molecular weight excluding hydrogens is 350 g/mol. The largest absolute Gasteiger partial charge is 0.203 e. The van der Waals surface area contributed by atoms with Crippen molar-refractivity contribution in [3.8, 4) is 33.4 Å². The van der Waals surface area contributed by atoms with E-state index in [1.165, 1.54) is 5.56 Å². The normalized spacial score (nSPS) is 10.8. The molecule has 138 valence electrons. The highest BCUT2D eigenvalue weighted by molar-refractivity contribution is 5.74. The summed E-state index contributed by atoms with van der Waals surface area (Å²) in [5.74, 6) is -1.63. The van der Waals surface area contributed by atoms with Gasteiger partial charge in [0, 0.05) is 11.1 Å². The molecule has 0 nitrogen and oxygen atoms in total. The van der Waals surface area contributed by atoms with E-state index in [9.17, 15) is 8.78 Å². The molecule has 0 radical (unpaired) electrons. The van der Waals surface area contributed by atoms with E-state index in [2.05, 4.69) is 6.92 Å². The van der Waals surface area contributed by atoms with Crippen LogP contribution in [-0.2, 0) is 6.42 Å². The zero-order valence-corrected chi connectivity index (χ0v) is 15.6. The van der Waals surface area contributed by atoms with Gasteiger partial charge in [-0.25, -0.2) is 8.78 Å². The maximum absolute atomic E-state index is 14.8. The molecule has 0 bridgehead atoms. The van der Waals surface area contributed by atoms with Crippen molar-refractivity contribution >= 4 is 0 Å². The molecule has 0 fully saturated rings. The minimum atomic E-state index is -0.815. The van der Waals surface area contributed by atoms with Gasteiger partial charge in [-0.15, -0.1) is 0 Å².